The van der Waals surface area contributed by atoms with Gasteiger partial charge < -0.3 is 5.32 Å². The Balaban J connectivity index is 1.95. The number of piperidine rings is 1. The number of hydrogen-bond donors (Lipinski definition) is 1. The zero-order valence-electron chi connectivity index (χ0n) is 12.8. The predicted molar refractivity (Wildman–Crippen MR) is 83.1 cm³/mol. The van der Waals surface area contributed by atoms with Crippen LogP contribution in [0.15, 0.2) is 18.3 Å². The average Bonchev–Trinajstić information content (AvgIpc) is 2.96. The van der Waals surface area contributed by atoms with Crippen molar-refractivity contribution in [1.82, 2.24) is 25.1 Å². The van der Waals surface area contributed by atoms with Crippen LogP contribution in [-0.4, -0.2) is 32.8 Å². The van der Waals surface area contributed by atoms with Gasteiger partial charge in [0.05, 0.1) is 11.4 Å². The van der Waals surface area contributed by atoms with E-state index in [0.717, 1.165) is 56.1 Å². The van der Waals surface area contributed by atoms with Gasteiger partial charge in [-0.1, -0.05) is 6.92 Å². The van der Waals surface area contributed by atoms with Crippen LogP contribution in [0.4, 0.5) is 0 Å². The van der Waals surface area contributed by atoms with Crippen LogP contribution in [0.3, 0.4) is 0 Å². The first kappa shape index (κ1) is 14.2. The molecule has 0 atom stereocenters. The van der Waals surface area contributed by atoms with E-state index in [1.807, 2.05) is 23.9 Å². The Morgan fingerprint density at radius 2 is 2.10 bits per heavy atom. The highest BCUT2D eigenvalue weighted by atomic mass is 15.3. The van der Waals surface area contributed by atoms with Crippen molar-refractivity contribution < 1.29 is 0 Å². The second kappa shape index (κ2) is 6.35. The zero-order valence-corrected chi connectivity index (χ0v) is 12.8. The van der Waals surface area contributed by atoms with Gasteiger partial charge in [0.25, 0.3) is 0 Å². The lowest BCUT2D eigenvalue weighted by molar-refractivity contribution is 0.452. The predicted octanol–water partition coefficient (Wildman–Crippen LogP) is 2.53. The molecule has 0 radical (unpaired) electrons. The summed E-state index contributed by atoms with van der Waals surface area (Å²) < 4.78 is 2.04. The molecule has 0 bridgehead atoms. The summed E-state index contributed by atoms with van der Waals surface area (Å²) in [6, 6.07) is 4.20. The van der Waals surface area contributed by atoms with E-state index in [1.54, 1.807) is 0 Å². The lowest BCUT2D eigenvalue weighted by Crippen LogP contribution is -2.27. The molecule has 0 amide bonds. The van der Waals surface area contributed by atoms with Crippen LogP contribution in [-0.2, 0) is 6.54 Å². The number of nitrogens with one attached hydrogen (secondary N) is 1. The summed E-state index contributed by atoms with van der Waals surface area (Å²) in [5, 5.41) is 7.81. The first-order valence-electron chi connectivity index (χ1n) is 7.86. The maximum absolute atomic E-state index is 4.67. The van der Waals surface area contributed by atoms with Crippen molar-refractivity contribution in [2.24, 2.45) is 0 Å². The second-order valence-corrected chi connectivity index (χ2v) is 5.69. The second-order valence-electron chi connectivity index (χ2n) is 5.69. The van der Waals surface area contributed by atoms with Gasteiger partial charge >= 0.3 is 0 Å². The molecule has 0 aromatic carbocycles. The largest absolute Gasteiger partial charge is 0.317 e. The highest BCUT2D eigenvalue weighted by Crippen LogP contribution is 2.27. The number of aromatic nitrogens is 4. The van der Waals surface area contributed by atoms with Gasteiger partial charge in [0.1, 0.15) is 5.82 Å². The van der Waals surface area contributed by atoms with E-state index in [4.69, 9.17) is 0 Å². The molecular formula is C16H23N5. The number of nitrogens with zero attached hydrogens (tertiary/aromatic N) is 4. The normalized spacial score (nSPS) is 16.3. The van der Waals surface area contributed by atoms with Crippen LogP contribution in [0, 0.1) is 6.92 Å². The van der Waals surface area contributed by atoms with Crippen LogP contribution < -0.4 is 5.32 Å². The molecule has 2 aromatic rings. The topological polar surface area (TPSA) is 55.6 Å². The quantitative estimate of drug-likeness (QED) is 0.938. The minimum Gasteiger partial charge on any atom is -0.317 e. The Kier molecular flexibility index (Phi) is 4.29. The first-order chi connectivity index (χ1) is 10.3. The van der Waals surface area contributed by atoms with Crippen LogP contribution in [0.1, 0.15) is 43.6 Å². The standard InChI is InChI=1S/C16H23N5/c1-3-10-21-16(6-9-18-21)15-11-14(19-12(2)20-15)13-4-7-17-8-5-13/h6,9,11,13,17H,3-5,7-8,10H2,1-2H3. The van der Waals surface area contributed by atoms with E-state index >= 15 is 0 Å². The maximum atomic E-state index is 4.67. The van der Waals surface area contributed by atoms with Crippen molar-refractivity contribution in [1.29, 1.82) is 0 Å². The third-order valence-corrected chi connectivity index (χ3v) is 4.03. The van der Waals surface area contributed by atoms with Crippen LogP contribution in [0.2, 0.25) is 0 Å². The van der Waals surface area contributed by atoms with E-state index in [0.29, 0.717) is 5.92 Å². The van der Waals surface area contributed by atoms with Crippen LogP contribution >= 0.6 is 0 Å². The Morgan fingerprint density at radius 3 is 2.86 bits per heavy atom. The summed E-state index contributed by atoms with van der Waals surface area (Å²) in [4.78, 5) is 9.30. The van der Waals surface area contributed by atoms with Crippen molar-refractivity contribution in [3.8, 4) is 11.4 Å². The molecule has 0 spiro atoms. The summed E-state index contributed by atoms with van der Waals surface area (Å²) in [5.74, 6) is 1.40. The highest BCUT2D eigenvalue weighted by Gasteiger charge is 2.19. The molecule has 112 valence electrons. The van der Waals surface area contributed by atoms with Crippen molar-refractivity contribution in [2.45, 2.75) is 45.6 Å². The molecule has 1 aliphatic rings. The lowest BCUT2D eigenvalue weighted by atomic mass is 9.94. The Hall–Kier alpha value is -1.75. The van der Waals surface area contributed by atoms with Crippen LogP contribution in [0.25, 0.3) is 11.4 Å². The van der Waals surface area contributed by atoms with Crippen molar-refractivity contribution >= 4 is 0 Å². The highest BCUT2D eigenvalue weighted by molar-refractivity contribution is 5.54. The third-order valence-electron chi connectivity index (χ3n) is 4.03. The molecule has 2 aromatic heterocycles. The van der Waals surface area contributed by atoms with Gasteiger partial charge in [-0.15, -0.1) is 0 Å². The van der Waals surface area contributed by atoms with E-state index in [1.165, 1.54) is 5.69 Å². The third kappa shape index (κ3) is 3.13. The van der Waals surface area contributed by atoms with Gasteiger partial charge in [0.2, 0.25) is 0 Å². The Labute approximate surface area is 125 Å². The monoisotopic (exact) mass is 285 g/mol. The summed E-state index contributed by atoms with van der Waals surface area (Å²) in [7, 11) is 0. The minimum atomic E-state index is 0.550. The molecule has 3 rings (SSSR count). The zero-order chi connectivity index (χ0) is 14.7. The Bertz CT molecular complexity index is 598. The lowest BCUT2D eigenvalue weighted by Gasteiger charge is -2.22. The summed E-state index contributed by atoms with van der Waals surface area (Å²) in [6.07, 6.45) is 5.24. The van der Waals surface area contributed by atoms with Gasteiger partial charge in [-0.2, -0.15) is 5.10 Å². The van der Waals surface area contributed by atoms with Crippen molar-refractivity contribution in [3.63, 3.8) is 0 Å². The fraction of sp³-hybridized carbons (Fsp3) is 0.562. The number of aryl methyl sites for hydroxylation is 2. The molecule has 0 aliphatic carbocycles. The van der Waals surface area contributed by atoms with Gasteiger partial charge in [0.15, 0.2) is 0 Å². The SMILES string of the molecule is CCCn1nccc1-c1cc(C2CCNCC2)nc(C)n1. The molecule has 0 saturated carbocycles. The Morgan fingerprint density at radius 1 is 1.29 bits per heavy atom. The molecule has 21 heavy (non-hydrogen) atoms. The smallest absolute Gasteiger partial charge is 0.126 e. The fourth-order valence-electron chi connectivity index (χ4n) is 2.99. The van der Waals surface area contributed by atoms with E-state index in [2.05, 4.69) is 33.4 Å². The van der Waals surface area contributed by atoms with Crippen LogP contribution in [0.5, 0.6) is 0 Å². The molecule has 1 saturated heterocycles. The van der Waals surface area contributed by atoms with Crippen molar-refractivity contribution in [3.05, 3.63) is 29.8 Å². The van der Waals surface area contributed by atoms with E-state index < -0.39 is 0 Å². The fourth-order valence-corrected chi connectivity index (χ4v) is 2.99. The number of rotatable bonds is 4. The average molecular weight is 285 g/mol. The summed E-state index contributed by atoms with van der Waals surface area (Å²) >= 11 is 0. The molecule has 3 heterocycles. The van der Waals surface area contributed by atoms with Crippen molar-refractivity contribution in [2.75, 3.05) is 13.1 Å². The molecule has 1 aliphatic heterocycles. The van der Waals surface area contributed by atoms with E-state index in [-0.39, 0.29) is 0 Å². The summed E-state index contributed by atoms with van der Waals surface area (Å²) in [6.45, 7) is 7.23. The molecule has 0 unspecified atom stereocenters. The maximum Gasteiger partial charge on any atom is 0.126 e. The van der Waals surface area contributed by atoms with E-state index in [9.17, 15) is 0 Å². The first-order valence-corrected chi connectivity index (χ1v) is 7.86. The van der Waals surface area contributed by atoms with Gasteiger partial charge in [0, 0.05) is 24.4 Å². The molecule has 5 nitrogen and oxygen atoms in total. The minimum absolute atomic E-state index is 0.550. The molecular weight excluding hydrogens is 262 g/mol. The molecule has 1 fully saturated rings. The molecule has 1 N–H and O–H groups in total. The number of hydrogen-bond acceptors (Lipinski definition) is 4. The summed E-state index contributed by atoms with van der Waals surface area (Å²) in [5.41, 5.74) is 3.28. The van der Waals surface area contributed by atoms with Gasteiger partial charge in [-0.05, 0) is 51.4 Å². The van der Waals surface area contributed by atoms with Gasteiger partial charge in [-0.25, -0.2) is 9.97 Å². The molecule has 5 heteroatoms. The van der Waals surface area contributed by atoms with Gasteiger partial charge in [-0.3, -0.25) is 4.68 Å².